The number of amides is 1. The number of benzene rings is 2. The molecule has 0 aliphatic rings. The van der Waals surface area contributed by atoms with Crippen molar-refractivity contribution in [3.8, 4) is 0 Å². The van der Waals surface area contributed by atoms with Crippen molar-refractivity contribution in [3.05, 3.63) is 69.5 Å². The summed E-state index contributed by atoms with van der Waals surface area (Å²) in [5, 5.41) is 13.4. The summed E-state index contributed by atoms with van der Waals surface area (Å²) in [5.74, 6) is -0.882. The highest BCUT2D eigenvalue weighted by Crippen LogP contribution is 2.22. The molecule has 0 aliphatic heterocycles. The van der Waals surface area contributed by atoms with Crippen LogP contribution in [0.3, 0.4) is 0 Å². The van der Waals surface area contributed by atoms with Crippen LogP contribution in [-0.4, -0.2) is 10.8 Å². The average molecular weight is 274 g/mol. The second-order valence-corrected chi connectivity index (χ2v) is 4.17. The van der Waals surface area contributed by atoms with Gasteiger partial charge in [-0.2, -0.15) is 0 Å². The number of anilines is 1. The molecule has 0 heterocycles. The molecule has 5 nitrogen and oxygen atoms in total. The Hall–Kier alpha value is -2.76. The van der Waals surface area contributed by atoms with Crippen molar-refractivity contribution in [2.75, 3.05) is 5.32 Å². The third-order valence-electron chi connectivity index (χ3n) is 2.85. The van der Waals surface area contributed by atoms with E-state index in [-0.39, 0.29) is 16.8 Å². The van der Waals surface area contributed by atoms with Crippen molar-refractivity contribution < 1.29 is 14.1 Å². The normalized spacial score (nSPS) is 10.1. The van der Waals surface area contributed by atoms with E-state index in [0.29, 0.717) is 5.69 Å². The Balaban J connectivity index is 2.28. The highest BCUT2D eigenvalue weighted by Gasteiger charge is 2.17. The Bertz CT molecular complexity index is 669. The van der Waals surface area contributed by atoms with Gasteiger partial charge in [0.25, 0.3) is 11.6 Å². The highest BCUT2D eigenvalue weighted by molar-refractivity contribution is 6.05. The van der Waals surface area contributed by atoms with E-state index in [2.05, 4.69) is 5.32 Å². The largest absolute Gasteiger partial charge is 0.322 e. The molecule has 2 rings (SSSR count). The first-order valence-electron chi connectivity index (χ1n) is 5.80. The number of hydrogen-bond donors (Lipinski definition) is 1. The van der Waals surface area contributed by atoms with Crippen LogP contribution in [0.1, 0.15) is 15.9 Å². The number of carbonyl (C=O) groups excluding carboxylic acids is 1. The standard InChI is InChI=1S/C14H11FN2O3/c1-9-12(3-2-4-13(9)17(19)20)14(18)16-11-7-5-10(15)6-8-11/h2-8H,1H3,(H,16,18). The number of nitro groups is 1. The van der Waals surface area contributed by atoms with E-state index in [1.165, 1.54) is 49.4 Å². The van der Waals surface area contributed by atoms with Crippen LogP contribution in [0.5, 0.6) is 0 Å². The number of hydrogen-bond acceptors (Lipinski definition) is 3. The summed E-state index contributed by atoms with van der Waals surface area (Å²) in [7, 11) is 0. The van der Waals surface area contributed by atoms with Gasteiger partial charge in [-0.3, -0.25) is 14.9 Å². The fourth-order valence-electron chi connectivity index (χ4n) is 1.80. The van der Waals surface area contributed by atoms with Gasteiger partial charge in [0, 0.05) is 22.9 Å². The minimum atomic E-state index is -0.538. The van der Waals surface area contributed by atoms with Crippen LogP contribution in [0.25, 0.3) is 0 Å². The van der Waals surface area contributed by atoms with E-state index >= 15 is 0 Å². The van der Waals surface area contributed by atoms with Gasteiger partial charge in [0.1, 0.15) is 5.82 Å². The predicted molar refractivity (Wildman–Crippen MR) is 72.2 cm³/mol. The molecule has 2 aromatic rings. The molecular weight excluding hydrogens is 263 g/mol. The van der Waals surface area contributed by atoms with Crippen LogP contribution in [0.15, 0.2) is 42.5 Å². The van der Waals surface area contributed by atoms with Crippen LogP contribution in [-0.2, 0) is 0 Å². The lowest BCUT2D eigenvalue weighted by atomic mass is 10.1. The summed E-state index contributed by atoms with van der Waals surface area (Å²) >= 11 is 0. The van der Waals surface area contributed by atoms with Crippen molar-refractivity contribution in [3.63, 3.8) is 0 Å². The maximum atomic E-state index is 12.8. The van der Waals surface area contributed by atoms with E-state index in [0.717, 1.165) is 0 Å². The van der Waals surface area contributed by atoms with Gasteiger partial charge >= 0.3 is 0 Å². The summed E-state index contributed by atoms with van der Waals surface area (Å²) in [6, 6.07) is 9.56. The molecule has 0 unspecified atom stereocenters. The van der Waals surface area contributed by atoms with Gasteiger partial charge in [-0.05, 0) is 37.3 Å². The van der Waals surface area contributed by atoms with E-state index in [1.54, 1.807) is 0 Å². The second-order valence-electron chi connectivity index (χ2n) is 4.17. The number of nitro benzene ring substituents is 1. The number of halogens is 1. The number of carbonyl (C=O) groups is 1. The van der Waals surface area contributed by atoms with Gasteiger partial charge in [0.05, 0.1) is 4.92 Å². The summed E-state index contributed by atoms with van der Waals surface area (Å²) in [5.41, 5.74) is 0.805. The Kier molecular flexibility index (Phi) is 3.74. The topological polar surface area (TPSA) is 72.2 Å². The van der Waals surface area contributed by atoms with Crippen molar-refractivity contribution in [2.45, 2.75) is 6.92 Å². The lowest BCUT2D eigenvalue weighted by Gasteiger charge is -2.07. The van der Waals surface area contributed by atoms with Crippen LogP contribution in [0.4, 0.5) is 15.8 Å². The molecule has 2 aromatic carbocycles. The highest BCUT2D eigenvalue weighted by atomic mass is 19.1. The smallest absolute Gasteiger partial charge is 0.273 e. The van der Waals surface area contributed by atoms with Gasteiger partial charge in [-0.15, -0.1) is 0 Å². The molecule has 1 amide bonds. The van der Waals surface area contributed by atoms with E-state index < -0.39 is 16.6 Å². The molecule has 1 N–H and O–H groups in total. The van der Waals surface area contributed by atoms with Crippen molar-refractivity contribution in [2.24, 2.45) is 0 Å². The summed E-state index contributed by atoms with van der Waals surface area (Å²) in [6.45, 7) is 1.51. The molecule has 0 aromatic heterocycles. The predicted octanol–water partition coefficient (Wildman–Crippen LogP) is 3.29. The van der Waals surface area contributed by atoms with Crippen molar-refractivity contribution >= 4 is 17.3 Å². The maximum absolute atomic E-state index is 12.8. The number of rotatable bonds is 3. The van der Waals surface area contributed by atoms with Crippen LogP contribution < -0.4 is 5.32 Å². The summed E-state index contributed by atoms with van der Waals surface area (Å²) in [6.07, 6.45) is 0. The minimum absolute atomic E-state index is 0.114. The summed E-state index contributed by atoms with van der Waals surface area (Å²) < 4.78 is 12.8. The molecule has 0 aliphatic carbocycles. The summed E-state index contributed by atoms with van der Waals surface area (Å²) in [4.78, 5) is 22.4. The number of nitrogens with one attached hydrogen (secondary N) is 1. The SMILES string of the molecule is Cc1c(C(=O)Nc2ccc(F)cc2)cccc1[N+](=O)[O-]. The van der Waals surface area contributed by atoms with Crippen molar-refractivity contribution in [1.29, 1.82) is 0 Å². The molecule has 6 heteroatoms. The zero-order valence-electron chi connectivity index (χ0n) is 10.6. The van der Waals surface area contributed by atoms with Gasteiger partial charge in [-0.25, -0.2) is 4.39 Å². The van der Waals surface area contributed by atoms with Gasteiger partial charge in [0.2, 0.25) is 0 Å². The second kappa shape index (κ2) is 5.48. The molecular formula is C14H11FN2O3. The fourth-order valence-corrected chi connectivity index (χ4v) is 1.80. The van der Waals surface area contributed by atoms with E-state index in [9.17, 15) is 19.3 Å². The molecule has 0 saturated heterocycles. The third-order valence-corrected chi connectivity index (χ3v) is 2.85. The Morgan fingerprint density at radius 3 is 2.45 bits per heavy atom. The number of nitrogens with zero attached hydrogens (tertiary/aromatic N) is 1. The lowest BCUT2D eigenvalue weighted by Crippen LogP contribution is -2.14. The molecule has 0 saturated carbocycles. The molecule has 0 radical (unpaired) electrons. The van der Waals surface area contributed by atoms with Gasteiger partial charge < -0.3 is 5.32 Å². The molecule has 0 atom stereocenters. The quantitative estimate of drug-likeness (QED) is 0.689. The maximum Gasteiger partial charge on any atom is 0.273 e. The Morgan fingerprint density at radius 2 is 1.85 bits per heavy atom. The monoisotopic (exact) mass is 274 g/mol. The molecule has 0 bridgehead atoms. The Morgan fingerprint density at radius 1 is 1.20 bits per heavy atom. The fraction of sp³-hybridized carbons (Fsp3) is 0.0714. The zero-order valence-corrected chi connectivity index (χ0v) is 10.6. The average Bonchev–Trinajstić information content (AvgIpc) is 2.41. The Labute approximate surface area is 114 Å². The van der Waals surface area contributed by atoms with Crippen LogP contribution in [0, 0.1) is 22.9 Å². The first-order chi connectivity index (χ1) is 9.49. The first-order valence-corrected chi connectivity index (χ1v) is 5.80. The van der Waals surface area contributed by atoms with Crippen molar-refractivity contribution in [1.82, 2.24) is 0 Å². The third kappa shape index (κ3) is 2.80. The molecule has 0 spiro atoms. The van der Waals surface area contributed by atoms with E-state index in [1.807, 2.05) is 0 Å². The van der Waals surface area contributed by atoms with E-state index in [4.69, 9.17) is 0 Å². The molecule has 0 fully saturated rings. The van der Waals surface area contributed by atoms with Crippen LogP contribution in [0.2, 0.25) is 0 Å². The minimum Gasteiger partial charge on any atom is -0.322 e. The molecule has 20 heavy (non-hydrogen) atoms. The lowest BCUT2D eigenvalue weighted by molar-refractivity contribution is -0.385. The van der Waals surface area contributed by atoms with Gasteiger partial charge in [0.15, 0.2) is 0 Å². The zero-order chi connectivity index (χ0) is 14.7. The van der Waals surface area contributed by atoms with Gasteiger partial charge in [-0.1, -0.05) is 6.07 Å². The molecule has 102 valence electrons. The van der Waals surface area contributed by atoms with Crippen LogP contribution >= 0.6 is 0 Å². The first kappa shape index (κ1) is 13.7.